The van der Waals surface area contributed by atoms with Crippen molar-refractivity contribution < 1.29 is 14.4 Å². The number of anilines is 1. The average Bonchev–Trinajstić information content (AvgIpc) is 3.28. The summed E-state index contributed by atoms with van der Waals surface area (Å²) in [5, 5.41) is 15.2. The number of carbonyl (C=O) groups is 3. The van der Waals surface area contributed by atoms with Gasteiger partial charge in [0.15, 0.2) is 5.65 Å². The first kappa shape index (κ1) is 18.7. The number of urea groups is 1. The molecule has 1 fully saturated rings. The lowest BCUT2D eigenvalue weighted by molar-refractivity contribution is -0.133. The number of benzene rings is 2. The van der Waals surface area contributed by atoms with Crippen molar-refractivity contribution >= 4 is 40.2 Å². The maximum absolute atomic E-state index is 13.2. The Bertz CT molecular complexity index is 1360. The van der Waals surface area contributed by atoms with Crippen molar-refractivity contribution in [3.8, 4) is 0 Å². The standard InChI is InChI=1S/C22H18N6O3/c1-22(16-10-9-14-6-2-3-7-15(14)12-16)19(30)28(21(31)24-22)13-18(29)23-20-26-25-17-8-4-5-11-27(17)20/h2-12H,13H2,1H3,(H,24,31)(H,23,26,29). The number of nitrogens with zero attached hydrogens (tertiary/aromatic N) is 4. The third-order valence-corrected chi connectivity index (χ3v) is 5.47. The van der Waals surface area contributed by atoms with E-state index in [2.05, 4.69) is 20.8 Å². The highest BCUT2D eigenvalue weighted by molar-refractivity contribution is 6.10. The molecule has 0 aliphatic carbocycles. The van der Waals surface area contributed by atoms with Crippen LogP contribution in [0.3, 0.4) is 0 Å². The molecule has 1 saturated heterocycles. The molecule has 1 aliphatic rings. The van der Waals surface area contributed by atoms with E-state index in [-0.39, 0.29) is 5.95 Å². The highest BCUT2D eigenvalue weighted by atomic mass is 16.2. The van der Waals surface area contributed by atoms with Crippen LogP contribution in [0.5, 0.6) is 0 Å². The van der Waals surface area contributed by atoms with Crippen molar-refractivity contribution in [2.45, 2.75) is 12.5 Å². The molecular formula is C22H18N6O3. The normalized spacial score (nSPS) is 18.5. The molecule has 0 radical (unpaired) electrons. The van der Waals surface area contributed by atoms with Crippen LogP contribution in [0.4, 0.5) is 10.7 Å². The third kappa shape index (κ3) is 3.07. The summed E-state index contributed by atoms with van der Waals surface area (Å²) < 4.78 is 1.60. The average molecular weight is 414 g/mol. The topological polar surface area (TPSA) is 109 Å². The molecule has 3 heterocycles. The fourth-order valence-electron chi connectivity index (χ4n) is 3.77. The van der Waals surface area contributed by atoms with Crippen LogP contribution in [0.15, 0.2) is 66.9 Å². The van der Waals surface area contributed by atoms with Crippen LogP contribution in [0.2, 0.25) is 0 Å². The molecule has 2 N–H and O–H groups in total. The molecule has 0 bridgehead atoms. The van der Waals surface area contributed by atoms with Gasteiger partial charge in [-0.1, -0.05) is 42.5 Å². The number of hydrogen-bond acceptors (Lipinski definition) is 5. The van der Waals surface area contributed by atoms with Crippen LogP contribution in [-0.2, 0) is 15.1 Å². The van der Waals surface area contributed by atoms with Crippen LogP contribution in [-0.4, -0.2) is 43.9 Å². The Morgan fingerprint density at radius 3 is 2.65 bits per heavy atom. The summed E-state index contributed by atoms with van der Waals surface area (Å²) in [6, 6.07) is 18.1. The van der Waals surface area contributed by atoms with Gasteiger partial charge in [-0.2, -0.15) is 0 Å². The second kappa shape index (κ2) is 6.91. The number of aromatic nitrogens is 3. The third-order valence-electron chi connectivity index (χ3n) is 5.47. The van der Waals surface area contributed by atoms with Crippen molar-refractivity contribution in [3.63, 3.8) is 0 Å². The summed E-state index contributed by atoms with van der Waals surface area (Å²) in [6.45, 7) is 1.21. The van der Waals surface area contributed by atoms with Gasteiger partial charge in [-0.15, -0.1) is 10.2 Å². The second-order valence-corrected chi connectivity index (χ2v) is 7.51. The molecule has 4 aromatic rings. The van der Waals surface area contributed by atoms with Gasteiger partial charge in [-0.05, 0) is 41.5 Å². The van der Waals surface area contributed by atoms with Crippen molar-refractivity contribution in [2.24, 2.45) is 0 Å². The van der Waals surface area contributed by atoms with Crippen LogP contribution in [0.1, 0.15) is 12.5 Å². The minimum Gasteiger partial charge on any atom is -0.319 e. The zero-order chi connectivity index (χ0) is 21.6. The Hall–Kier alpha value is -4.27. The van der Waals surface area contributed by atoms with Gasteiger partial charge in [0.2, 0.25) is 11.9 Å². The summed E-state index contributed by atoms with van der Waals surface area (Å²) in [4.78, 5) is 39.2. The molecule has 9 heteroatoms. The van der Waals surface area contributed by atoms with Gasteiger partial charge in [-0.3, -0.25) is 24.2 Å². The fraction of sp³-hybridized carbons (Fsp3) is 0.136. The van der Waals surface area contributed by atoms with Crippen LogP contribution in [0.25, 0.3) is 16.4 Å². The molecule has 2 aromatic heterocycles. The van der Waals surface area contributed by atoms with Crippen molar-refractivity contribution in [1.29, 1.82) is 0 Å². The number of imide groups is 1. The Labute approximate surface area is 176 Å². The molecule has 9 nitrogen and oxygen atoms in total. The highest BCUT2D eigenvalue weighted by Crippen LogP contribution is 2.31. The molecule has 0 saturated carbocycles. The van der Waals surface area contributed by atoms with Crippen LogP contribution >= 0.6 is 0 Å². The van der Waals surface area contributed by atoms with E-state index in [4.69, 9.17) is 0 Å². The Morgan fingerprint density at radius 1 is 1.03 bits per heavy atom. The first-order valence-corrected chi connectivity index (χ1v) is 9.69. The molecular weight excluding hydrogens is 396 g/mol. The smallest absolute Gasteiger partial charge is 0.319 e. The molecule has 1 atom stereocenters. The van der Waals surface area contributed by atoms with E-state index >= 15 is 0 Å². The molecule has 1 aliphatic heterocycles. The van der Waals surface area contributed by atoms with E-state index in [0.717, 1.165) is 15.7 Å². The molecule has 154 valence electrons. The monoisotopic (exact) mass is 414 g/mol. The van der Waals surface area contributed by atoms with Crippen LogP contribution in [0, 0.1) is 0 Å². The highest BCUT2D eigenvalue weighted by Gasteiger charge is 2.49. The van der Waals surface area contributed by atoms with Gasteiger partial charge in [-0.25, -0.2) is 4.79 Å². The Morgan fingerprint density at radius 2 is 1.81 bits per heavy atom. The van der Waals surface area contributed by atoms with Gasteiger partial charge in [0.1, 0.15) is 12.1 Å². The number of fused-ring (bicyclic) bond motifs is 2. The second-order valence-electron chi connectivity index (χ2n) is 7.51. The maximum Gasteiger partial charge on any atom is 0.325 e. The largest absolute Gasteiger partial charge is 0.325 e. The predicted molar refractivity (Wildman–Crippen MR) is 113 cm³/mol. The number of rotatable bonds is 4. The minimum atomic E-state index is -1.26. The SMILES string of the molecule is CC1(c2ccc3ccccc3c2)NC(=O)N(CC(=O)Nc2nnc3ccccn23)C1=O. The van der Waals surface area contributed by atoms with Crippen LogP contribution < -0.4 is 10.6 Å². The molecule has 0 spiro atoms. The minimum absolute atomic E-state index is 0.213. The van der Waals surface area contributed by atoms with Crippen molar-refractivity contribution in [2.75, 3.05) is 11.9 Å². The van der Waals surface area contributed by atoms with Gasteiger partial charge in [0.25, 0.3) is 5.91 Å². The molecule has 4 amide bonds. The summed E-state index contributed by atoms with van der Waals surface area (Å²) >= 11 is 0. The molecule has 2 aromatic carbocycles. The quantitative estimate of drug-likeness (QED) is 0.498. The Balaban J connectivity index is 1.37. The molecule has 5 rings (SSSR count). The van der Waals surface area contributed by atoms with Crippen molar-refractivity contribution in [1.82, 2.24) is 24.8 Å². The van der Waals surface area contributed by atoms with E-state index in [1.165, 1.54) is 0 Å². The van der Waals surface area contributed by atoms with E-state index in [0.29, 0.717) is 11.2 Å². The lowest BCUT2D eigenvalue weighted by atomic mass is 9.90. The maximum atomic E-state index is 13.2. The molecule has 1 unspecified atom stereocenters. The van der Waals surface area contributed by atoms with Gasteiger partial charge >= 0.3 is 6.03 Å². The molecule has 31 heavy (non-hydrogen) atoms. The van der Waals surface area contributed by atoms with Gasteiger partial charge in [0.05, 0.1) is 0 Å². The lowest BCUT2D eigenvalue weighted by Crippen LogP contribution is -2.42. The van der Waals surface area contributed by atoms with Gasteiger partial charge < -0.3 is 5.32 Å². The van der Waals surface area contributed by atoms with Crippen molar-refractivity contribution in [3.05, 3.63) is 72.4 Å². The number of nitrogens with one attached hydrogen (secondary N) is 2. The number of hydrogen-bond donors (Lipinski definition) is 2. The summed E-state index contributed by atoms with van der Waals surface area (Å²) in [5.74, 6) is -0.830. The summed E-state index contributed by atoms with van der Waals surface area (Å²) in [7, 11) is 0. The van der Waals surface area contributed by atoms with E-state index in [1.807, 2.05) is 42.5 Å². The zero-order valence-electron chi connectivity index (χ0n) is 16.6. The number of pyridine rings is 1. The first-order valence-electron chi connectivity index (χ1n) is 9.69. The first-order chi connectivity index (χ1) is 15.0. The van der Waals surface area contributed by atoms with E-state index < -0.39 is 29.9 Å². The Kier molecular flexibility index (Phi) is 4.18. The summed E-state index contributed by atoms with van der Waals surface area (Å²) in [5.41, 5.74) is -0.0456. The predicted octanol–water partition coefficient (Wildman–Crippen LogP) is 2.29. The van der Waals surface area contributed by atoms with Gasteiger partial charge in [0, 0.05) is 6.20 Å². The number of amides is 4. The zero-order valence-corrected chi connectivity index (χ0v) is 16.6. The summed E-state index contributed by atoms with van der Waals surface area (Å²) in [6.07, 6.45) is 1.70. The van der Waals surface area contributed by atoms with E-state index in [9.17, 15) is 14.4 Å². The number of carbonyl (C=O) groups excluding carboxylic acids is 3. The fourth-order valence-corrected chi connectivity index (χ4v) is 3.77. The van der Waals surface area contributed by atoms with E-state index in [1.54, 1.807) is 35.7 Å². The lowest BCUT2D eigenvalue weighted by Gasteiger charge is -2.22.